The number of hydrogen-bond donors (Lipinski definition) is 3. The maximum atomic E-state index is 11.7. The summed E-state index contributed by atoms with van der Waals surface area (Å²) in [6.45, 7) is 1.64. The topological polar surface area (TPSA) is 95.5 Å². The van der Waals surface area contributed by atoms with E-state index in [9.17, 15) is 18.3 Å². The molecule has 7 heteroatoms. The fraction of sp³-hybridized carbons (Fsp3) is 0.533. The average molecular weight is 326 g/mol. The van der Waals surface area contributed by atoms with E-state index in [0.29, 0.717) is 32.4 Å². The Kier molecular flexibility index (Phi) is 5.20. The van der Waals surface area contributed by atoms with Crippen LogP contribution in [-0.2, 0) is 27.8 Å². The molecule has 3 N–H and O–H groups in total. The van der Waals surface area contributed by atoms with Gasteiger partial charge < -0.3 is 10.4 Å². The van der Waals surface area contributed by atoms with Crippen molar-refractivity contribution in [1.29, 1.82) is 0 Å². The molecule has 1 heterocycles. The summed E-state index contributed by atoms with van der Waals surface area (Å²) in [4.78, 5) is 11.7. The highest BCUT2D eigenvalue weighted by Crippen LogP contribution is 2.33. The van der Waals surface area contributed by atoms with Crippen LogP contribution in [0.3, 0.4) is 0 Å². The van der Waals surface area contributed by atoms with Crippen molar-refractivity contribution in [2.75, 3.05) is 19.3 Å². The van der Waals surface area contributed by atoms with Gasteiger partial charge in [-0.05, 0) is 43.5 Å². The van der Waals surface area contributed by atoms with E-state index in [1.54, 1.807) is 0 Å². The number of carbonyl (C=O) groups is 1. The summed E-state index contributed by atoms with van der Waals surface area (Å²) in [6, 6.07) is 7.45. The van der Waals surface area contributed by atoms with E-state index in [2.05, 4.69) is 10.0 Å². The molecule has 0 aliphatic carbocycles. The summed E-state index contributed by atoms with van der Waals surface area (Å²) >= 11 is 0. The Labute approximate surface area is 131 Å². The number of nitrogens with one attached hydrogen (secondary N) is 2. The molecule has 0 bridgehead atoms. The van der Waals surface area contributed by atoms with Crippen LogP contribution in [0.2, 0.25) is 0 Å². The van der Waals surface area contributed by atoms with Crippen LogP contribution in [0, 0.1) is 5.41 Å². The number of piperidine rings is 1. The minimum atomic E-state index is -3.24. The van der Waals surface area contributed by atoms with Crippen molar-refractivity contribution in [3.8, 4) is 0 Å². The largest absolute Gasteiger partial charge is 0.481 e. The lowest BCUT2D eigenvalue weighted by Gasteiger charge is -2.33. The molecule has 0 atom stereocenters. The number of carboxylic acids is 1. The van der Waals surface area contributed by atoms with Crippen molar-refractivity contribution in [2.45, 2.75) is 25.8 Å². The smallest absolute Gasteiger partial charge is 0.310 e. The number of carboxylic acid groups (broad SMARTS) is 1. The van der Waals surface area contributed by atoms with Crippen molar-refractivity contribution in [3.05, 3.63) is 35.4 Å². The Morgan fingerprint density at radius 1 is 1.32 bits per heavy atom. The SMILES string of the molecule is CS(=O)(=O)NCc1cccc(CC2(C(=O)O)CCNCC2)c1. The van der Waals surface area contributed by atoms with Gasteiger partial charge in [0, 0.05) is 6.54 Å². The third-order valence-electron chi connectivity index (χ3n) is 4.09. The molecule has 1 aromatic carbocycles. The maximum Gasteiger partial charge on any atom is 0.310 e. The zero-order valence-electron chi connectivity index (χ0n) is 12.6. The van der Waals surface area contributed by atoms with E-state index in [0.717, 1.165) is 17.4 Å². The number of sulfonamides is 1. The minimum absolute atomic E-state index is 0.217. The fourth-order valence-electron chi connectivity index (χ4n) is 2.83. The summed E-state index contributed by atoms with van der Waals surface area (Å²) < 4.78 is 24.7. The van der Waals surface area contributed by atoms with Crippen LogP contribution in [0.1, 0.15) is 24.0 Å². The zero-order valence-corrected chi connectivity index (χ0v) is 13.4. The van der Waals surface area contributed by atoms with Crippen LogP contribution in [0.25, 0.3) is 0 Å². The molecular weight excluding hydrogens is 304 g/mol. The van der Waals surface area contributed by atoms with Crippen LogP contribution < -0.4 is 10.0 Å². The molecule has 0 radical (unpaired) electrons. The molecule has 0 saturated carbocycles. The van der Waals surface area contributed by atoms with Crippen LogP contribution in [0.4, 0.5) is 0 Å². The second kappa shape index (κ2) is 6.76. The van der Waals surface area contributed by atoms with E-state index in [1.807, 2.05) is 24.3 Å². The summed E-state index contributed by atoms with van der Waals surface area (Å²) in [5.41, 5.74) is 1.03. The Balaban J connectivity index is 2.13. The summed E-state index contributed by atoms with van der Waals surface area (Å²) in [6.07, 6.45) is 2.80. The summed E-state index contributed by atoms with van der Waals surface area (Å²) in [5.74, 6) is -0.756. The van der Waals surface area contributed by atoms with Crippen LogP contribution >= 0.6 is 0 Å². The Morgan fingerprint density at radius 3 is 2.55 bits per heavy atom. The van der Waals surface area contributed by atoms with Gasteiger partial charge in [-0.3, -0.25) is 4.79 Å². The molecule has 22 heavy (non-hydrogen) atoms. The predicted molar refractivity (Wildman–Crippen MR) is 84.0 cm³/mol. The lowest BCUT2D eigenvalue weighted by molar-refractivity contribution is -0.150. The Hall–Kier alpha value is -1.44. The van der Waals surface area contributed by atoms with Crippen molar-refractivity contribution < 1.29 is 18.3 Å². The van der Waals surface area contributed by atoms with Gasteiger partial charge in [-0.2, -0.15) is 0 Å². The molecule has 0 amide bonds. The molecule has 2 rings (SSSR count). The second-order valence-corrected chi connectivity index (χ2v) is 7.76. The van der Waals surface area contributed by atoms with Crippen LogP contribution in [0.15, 0.2) is 24.3 Å². The zero-order chi connectivity index (χ0) is 16.2. The van der Waals surface area contributed by atoms with Crippen LogP contribution in [-0.4, -0.2) is 38.8 Å². The van der Waals surface area contributed by atoms with Gasteiger partial charge in [0.25, 0.3) is 0 Å². The van der Waals surface area contributed by atoms with Gasteiger partial charge in [0.15, 0.2) is 0 Å². The molecule has 1 aliphatic heterocycles. The van der Waals surface area contributed by atoms with Crippen LogP contribution in [0.5, 0.6) is 0 Å². The van der Waals surface area contributed by atoms with Crippen molar-refractivity contribution in [3.63, 3.8) is 0 Å². The standard InChI is InChI=1S/C15H22N2O4S/c1-22(20,21)17-11-13-4-2-3-12(9-13)10-15(14(18)19)5-7-16-8-6-15/h2-4,9,16-17H,5-8,10-11H2,1H3,(H,18,19). The Bertz CT molecular complexity index is 637. The highest BCUT2D eigenvalue weighted by Gasteiger charge is 2.39. The third-order valence-corrected chi connectivity index (χ3v) is 4.76. The van der Waals surface area contributed by atoms with Gasteiger partial charge >= 0.3 is 5.97 Å². The number of hydrogen-bond acceptors (Lipinski definition) is 4. The van der Waals surface area contributed by atoms with E-state index < -0.39 is 21.4 Å². The number of benzene rings is 1. The molecular formula is C15H22N2O4S. The van der Waals surface area contributed by atoms with Gasteiger partial charge in [-0.25, -0.2) is 13.1 Å². The van der Waals surface area contributed by atoms with Crippen molar-refractivity contribution in [1.82, 2.24) is 10.0 Å². The average Bonchev–Trinajstić information content (AvgIpc) is 2.46. The lowest BCUT2D eigenvalue weighted by atomic mass is 9.74. The first kappa shape index (κ1) is 16.9. The van der Waals surface area contributed by atoms with Gasteiger partial charge in [0.05, 0.1) is 11.7 Å². The summed E-state index contributed by atoms with van der Waals surface area (Å²) in [5, 5.41) is 12.8. The summed E-state index contributed by atoms with van der Waals surface area (Å²) in [7, 11) is -3.24. The van der Waals surface area contributed by atoms with Gasteiger partial charge in [0.2, 0.25) is 10.0 Å². The number of rotatable bonds is 6. The van der Waals surface area contributed by atoms with Crippen molar-refractivity contribution in [2.24, 2.45) is 5.41 Å². The molecule has 0 aromatic heterocycles. The molecule has 6 nitrogen and oxygen atoms in total. The first-order valence-electron chi connectivity index (χ1n) is 7.27. The Morgan fingerprint density at radius 2 is 1.95 bits per heavy atom. The maximum absolute atomic E-state index is 11.7. The highest BCUT2D eigenvalue weighted by molar-refractivity contribution is 7.88. The second-order valence-electron chi connectivity index (χ2n) is 5.93. The van der Waals surface area contributed by atoms with Gasteiger partial charge in [-0.1, -0.05) is 24.3 Å². The molecule has 0 unspecified atom stereocenters. The van der Waals surface area contributed by atoms with E-state index in [4.69, 9.17) is 0 Å². The normalized spacial score (nSPS) is 18.0. The first-order chi connectivity index (χ1) is 10.3. The molecule has 122 valence electrons. The molecule has 1 aromatic rings. The lowest BCUT2D eigenvalue weighted by Crippen LogP contribution is -2.43. The number of aliphatic carboxylic acids is 1. The highest BCUT2D eigenvalue weighted by atomic mass is 32.2. The molecule has 1 saturated heterocycles. The van der Waals surface area contributed by atoms with E-state index in [1.165, 1.54) is 0 Å². The molecule has 1 fully saturated rings. The quantitative estimate of drug-likeness (QED) is 0.716. The van der Waals surface area contributed by atoms with Crippen molar-refractivity contribution >= 4 is 16.0 Å². The monoisotopic (exact) mass is 326 g/mol. The van der Waals surface area contributed by atoms with E-state index >= 15 is 0 Å². The molecule has 0 spiro atoms. The fourth-order valence-corrected chi connectivity index (χ4v) is 3.26. The molecule has 1 aliphatic rings. The van der Waals surface area contributed by atoms with E-state index in [-0.39, 0.29) is 6.54 Å². The predicted octanol–water partition coefficient (Wildman–Crippen LogP) is 0.733. The van der Waals surface area contributed by atoms with Gasteiger partial charge in [-0.15, -0.1) is 0 Å². The van der Waals surface area contributed by atoms with Gasteiger partial charge in [0.1, 0.15) is 0 Å². The first-order valence-corrected chi connectivity index (χ1v) is 9.16. The minimum Gasteiger partial charge on any atom is -0.481 e. The third kappa shape index (κ3) is 4.53.